The monoisotopic (exact) mass is 231 g/mol. The molecule has 0 amide bonds. The van der Waals surface area contributed by atoms with Gasteiger partial charge in [0.15, 0.2) is 5.71 Å². The molecule has 2 rings (SSSR count). The number of hydrogen-bond donors (Lipinski definition) is 1. The highest BCUT2D eigenvalue weighted by molar-refractivity contribution is 5.95. The summed E-state index contributed by atoms with van der Waals surface area (Å²) < 4.78 is 2.32. The lowest BCUT2D eigenvalue weighted by molar-refractivity contribution is -0.403. The zero-order valence-corrected chi connectivity index (χ0v) is 12.0. The topological polar surface area (TPSA) is 29.0 Å². The van der Waals surface area contributed by atoms with E-state index < -0.39 is 0 Å². The second-order valence-corrected chi connectivity index (χ2v) is 5.78. The molecule has 1 aromatic rings. The second-order valence-electron chi connectivity index (χ2n) is 5.78. The van der Waals surface area contributed by atoms with Crippen LogP contribution in [0.4, 0.5) is 11.4 Å². The summed E-state index contributed by atoms with van der Waals surface area (Å²) in [6.07, 6.45) is 0. The van der Waals surface area contributed by atoms with Crippen LogP contribution in [0.25, 0.3) is 0 Å². The molecule has 2 N–H and O–H groups in total. The van der Waals surface area contributed by atoms with Gasteiger partial charge in [0.05, 0.1) is 5.41 Å². The molecule has 1 aliphatic heterocycles. The lowest BCUT2D eigenvalue weighted by atomic mass is 9.78. The summed E-state index contributed by atoms with van der Waals surface area (Å²) in [5, 5.41) is 0. The zero-order chi connectivity index (χ0) is 13.1. The van der Waals surface area contributed by atoms with Gasteiger partial charge in [0.1, 0.15) is 7.05 Å². The molecule has 0 saturated carbocycles. The van der Waals surface area contributed by atoms with E-state index >= 15 is 0 Å². The van der Waals surface area contributed by atoms with E-state index in [4.69, 9.17) is 5.73 Å². The van der Waals surface area contributed by atoms with Crippen molar-refractivity contribution in [2.45, 2.75) is 47.0 Å². The number of hydrogen-bond acceptors (Lipinski definition) is 1. The van der Waals surface area contributed by atoms with E-state index in [9.17, 15) is 0 Å². The maximum atomic E-state index is 6.24. The standard InChI is InChI=1S/C15H23N2/c1-8-9(2)14-12(10(3)13(8)16)15(5,6)11(4)17(14)7/h16H2,1-7H3/q+1. The van der Waals surface area contributed by atoms with Gasteiger partial charge in [-0.2, -0.15) is 0 Å². The van der Waals surface area contributed by atoms with Crippen LogP contribution in [0, 0.1) is 20.8 Å². The van der Waals surface area contributed by atoms with Crippen molar-refractivity contribution in [3.05, 3.63) is 22.3 Å². The molecule has 0 spiro atoms. The first kappa shape index (κ1) is 12.2. The number of nitrogen functional groups attached to an aromatic ring is 1. The van der Waals surface area contributed by atoms with Crippen LogP contribution < -0.4 is 5.73 Å². The largest absolute Gasteiger partial charge is 0.398 e. The van der Waals surface area contributed by atoms with Crippen LogP contribution in [0.15, 0.2) is 0 Å². The molecule has 0 fully saturated rings. The van der Waals surface area contributed by atoms with Gasteiger partial charge in [0.2, 0.25) is 5.69 Å². The maximum Gasteiger partial charge on any atom is 0.212 e. The van der Waals surface area contributed by atoms with Gasteiger partial charge in [-0.3, -0.25) is 0 Å². The third-order valence-corrected chi connectivity index (χ3v) is 4.71. The fourth-order valence-corrected chi connectivity index (χ4v) is 3.11. The van der Waals surface area contributed by atoms with Gasteiger partial charge >= 0.3 is 0 Å². The minimum Gasteiger partial charge on any atom is -0.398 e. The molecule has 0 atom stereocenters. The Morgan fingerprint density at radius 3 is 2.00 bits per heavy atom. The highest BCUT2D eigenvalue weighted by Gasteiger charge is 2.44. The van der Waals surface area contributed by atoms with E-state index in [1.807, 2.05) is 0 Å². The highest BCUT2D eigenvalue weighted by atomic mass is 15.0. The average Bonchev–Trinajstić information content (AvgIpc) is 2.44. The van der Waals surface area contributed by atoms with Gasteiger partial charge in [-0.25, -0.2) is 4.58 Å². The average molecular weight is 231 g/mol. The van der Waals surface area contributed by atoms with Gasteiger partial charge in [-0.1, -0.05) is 0 Å². The summed E-state index contributed by atoms with van der Waals surface area (Å²) in [5.74, 6) is 0. The first-order valence-corrected chi connectivity index (χ1v) is 6.18. The third-order valence-electron chi connectivity index (χ3n) is 4.71. The molecule has 0 aromatic heterocycles. The Bertz CT molecular complexity index is 549. The minimum atomic E-state index is 0.0841. The first-order valence-electron chi connectivity index (χ1n) is 6.18. The molecule has 2 nitrogen and oxygen atoms in total. The lowest BCUT2D eigenvalue weighted by Crippen LogP contribution is -2.26. The Labute approximate surface area is 104 Å². The van der Waals surface area contributed by atoms with E-state index in [0.717, 1.165) is 5.69 Å². The van der Waals surface area contributed by atoms with Gasteiger partial charge in [0, 0.05) is 23.7 Å². The van der Waals surface area contributed by atoms with Gasteiger partial charge in [0.25, 0.3) is 0 Å². The van der Waals surface area contributed by atoms with Crippen LogP contribution in [-0.4, -0.2) is 17.3 Å². The molecule has 0 saturated heterocycles. The van der Waals surface area contributed by atoms with Crippen LogP contribution in [0.3, 0.4) is 0 Å². The molecular formula is C15H23N2+. The van der Waals surface area contributed by atoms with E-state index in [2.05, 4.69) is 53.2 Å². The first-order chi connectivity index (χ1) is 7.71. The molecule has 1 heterocycles. The van der Waals surface area contributed by atoms with Crippen molar-refractivity contribution in [1.29, 1.82) is 0 Å². The predicted molar refractivity (Wildman–Crippen MR) is 74.6 cm³/mol. The molecule has 92 valence electrons. The summed E-state index contributed by atoms with van der Waals surface area (Å²) >= 11 is 0. The number of nitrogens with zero attached hydrogens (tertiary/aromatic N) is 1. The van der Waals surface area contributed by atoms with Crippen molar-refractivity contribution in [1.82, 2.24) is 0 Å². The lowest BCUT2D eigenvalue weighted by Gasteiger charge is -2.20. The Morgan fingerprint density at radius 2 is 1.47 bits per heavy atom. The highest BCUT2D eigenvalue weighted by Crippen LogP contribution is 2.46. The van der Waals surface area contributed by atoms with Crippen molar-refractivity contribution in [2.24, 2.45) is 0 Å². The molecule has 0 bridgehead atoms. The molecule has 2 heteroatoms. The zero-order valence-electron chi connectivity index (χ0n) is 12.0. The molecule has 0 aliphatic carbocycles. The fraction of sp³-hybridized carbons (Fsp3) is 0.533. The van der Waals surface area contributed by atoms with Crippen LogP contribution in [0.1, 0.15) is 43.0 Å². The Kier molecular flexibility index (Phi) is 2.39. The number of nitrogens with two attached hydrogens (primary N) is 1. The summed E-state index contributed by atoms with van der Waals surface area (Å²) in [4.78, 5) is 0. The SMILES string of the molecule is CC1=[N+](C)c2c(C)c(C)c(N)c(C)c2C1(C)C. The van der Waals surface area contributed by atoms with Crippen LogP contribution in [-0.2, 0) is 5.41 Å². The predicted octanol–water partition coefficient (Wildman–Crippen LogP) is 3.22. The van der Waals surface area contributed by atoms with Crippen LogP contribution in [0.2, 0.25) is 0 Å². The second kappa shape index (κ2) is 3.34. The minimum absolute atomic E-state index is 0.0841. The fourth-order valence-electron chi connectivity index (χ4n) is 3.11. The maximum absolute atomic E-state index is 6.24. The number of rotatable bonds is 0. The molecular weight excluding hydrogens is 208 g/mol. The van der Waals surface area contributed by atoms with Crippen molar-refractivity contribution in [2.75, 3.05) is 12.8 Å². The van der Waals surface area contributed by atoms with E-state index in [1.165, 1.54) is 33.7 Å². The van der Waals surface area contributed by atoms with Gasteiger partial charge in [-0.05, 0) is 45.7 Å². The normalized spacial score (nSPS) is 17.6. The summed E-state index contributed by atoms with van der Waals surface area (Å²) in [6.45, 7) is 13.2. The smallest absolute Gasteiger partial charge is 0.212 e. The van der Waals surface area contributed by atoms with Crippen molar-refractivity contribution in [3.8, 4) is 0 Å². The number of fused-ring (bicyclic) bond motifs is 1. The quantitative estimate of drug-likeness (QED) is 0.539. The van der Waals surface area contributed by atoms with E-state index in [0.29, 0.717) is 0 Å². The summed E-state index contributed by atoms with van der Waals surface area (Å²) in [7, 11) is 2.16. The summed E-state index contributed by atoms with van der Waals surface area (Å²) in [5.41, 5.74) is 15.2. The van der Waals surface area contributed by atoms with Gasteiger partial charge in [-0.15, -0.1) is 0 Å². The molecule has 0 unspecified atom stereocenters. The summed E-state index contributed by atoms with van der Waals surface area (Å²) in [6, 6.07) is 0. The Morgan fingerprint density at radius 1 is 0.941 bits per heavy atom. The van der Waals surface area contributed by atoms with E-state index in [1.54, 1.807) is 0 Å². The van der Waals surface area contributed by atoms with Crippen LogP contribution in [0.5, 0.6) is 0 Å². The van der Waals surface area contributed by atoms with Crippen LogP contribution >= 0.6 is 0 Å². The van der Waals surface area contributed by atoms with E-state index in [-0.39, 0.29) is 5.41 Å². The number of anilines is 1. The third kappa shape index (κ3) is 1.30. The Hall–Kier alpha value is -1.31. The molecule has 1 aromatic carbocycles. The number of benzene rings is 1. The molecule has 1 aliphatic rings. The van der Waals surface area contributed by atoms with Crippen molar-refractivity contribution < 1.29 is 4.58 Å². The van der Waals surface area contributed by atoms with Crippen molar-refractivity contribution >= 4 is 17.1 Å². The van der Waals surface area contributed by atoms with Gasteiger partial charge < -0.3 is 5.73 Å². The molecule has 17 heavy (non-hydrogen) atoms. The molecule has 0 radical (unpaired) electrons. The Balaban J connectivity index is 2.96. The van der Waals surface area contributed by atoms with Crippen molar-refractivity contribution in [3.63, 3.8) is 0 Å².